The standard InChI is InChI=1S/C26H25F4N3O3/c1-16-5-3-4-6-20(16)21-13-23(33-7-8-36-25(35)15-33)31-14-22(21)32(2)24(34)11-17-9-18(26(28,29)30)12-19(27)10-17/h3-6,9-10,12-14,25,35H,7-8,11,15H2,1-2H3. The lowest BCUT2D eigenvalue weighted by Crippen LogP contribution is -2.42. The summed E-state index contributed by atoms with van der Waals surface area (Å²) in [7, 11) is 1.50. The van der Waals surface area contributed by atoms with Gasteiger partial charge >= 0.3 is 6.18 Å². The summed E-state index contributed by atoms with van der Waals surface area (Å²) >= 11 is 0. The van der Waals surface area contributed by atoms with Crippen molar-refractivity contribution in [3.8, 4) is 11.1 Å². The van der Waals surface area contributed by atoms with E-state index in [1.807, 2.05) is 42.2 Å². The lowest BCUT2D eigenvalue weighted by molar-refractivity contribution is -0.138. The molecular formula is C26H25F4N3O3. The zero-order chi connectivity index (χ0) is 26.0. The molecule has 1 aliphatic heterocycles. The van der Waals surface area contributed by atoms with E-state index >= 15 is 0 Å². The van der Waals surface area contributed by atoms with Crippen LogP contribution in [0.15, 0.2) is 54.7 Å². The molecule has 36 heavy (non-hydrogen) atoms. The van der Waals surface area contributed by atoms with Crippen molar-refractivity contribution in [1.29, 1.82) is 0 Å². The summed E-state index contributed by atoms with van der Waals surface area (Å²) in [5, 5.41) is 9.87. The highest BCUT2D eigenvalue weighted by atomic mass is 19.4. The van der Waals surface area contributed by atoms with E-state index in [2.05, 4.69) is 4.98 Å². The van der Waals surface area contributed by atoms with Crippen LogP contribution in [0.3, 0.4) is 0 Å². The van der Waals surface area contributed by atoms with Crippen LogP contribution in [0.5, 0.6) is 0 Å². The van der Waals surface area contributed by atoms with Crippen LogP contribution in [-0.4, -0.2) is 49.0 Å². The largest absolute Gasteiger partial charge is 0.416 e. The lowest BCUT2D eigenvalue weighted by Gasteiger charge is -2.32. The Morgan fingerprint density at radius 2 is 1.94 bits per heavy atom. The van der Waals surface area contributed by atoms with Gasteiger partial charge in [0.05, 0.1) is 37.0 Å². The summed E-state index contributed by atoms with van der Waals surface area (Å²) in [6, 6.07) is 11.5. The highest BCUT2D eigenvalue weighted by molar-refractivity contribution is 5.98. The van der Waals surface area contributed by atoms with Crippen molar-refractivity contribution in [2.45, 2.75) is 25.8 Å². The zero-order valence-corrected chi connectivity index (χ0v) is 19.7. The van der Waals surface area contributed by atoms with Gasteiger partial charge in [0.15, 0.2) is 6.29 Å². The second-order valence-electron chi connectivity index (χ2n) is 8.62. The Labute approximate surface area is 205 Å². The molecule has 0 bridgehead atoms. The summed E-state index contributed by atoms with van der Waals surface area (Å²) < 4.78 is 58.3. The van der Waals surface area contributed by atoms with Gasteiger partial charge < -0.3 is 19.6 Å². The second-order valence-corrected chi connectivity index (χ2v) is 8.62. The number of alkyl halides is 3. The number of halogens is 4. The van der Waals surface area contributed by atoms with Gasteiger partial charge in [0.25, 0.3) is 0 Å². The Balaban J connectivity index is 1.69. The minimum atomic E-state index is -4.73. The maximum atomic E-state index is 13.8. The Morgan fingerprint density at radius 1 is 1.19 bits per heavy atom. The first-order valence-electron chi connectivity index (χ1n) is 11.3. The van der Waals surface area contributed by atoms with E-state index < -0.39 is 36.2 Å². The fourth-order valence-corrected chi connectivity index (χ4v) is 4.15. The summed E-state index contributed by atoms with van der Waals surface area (Å²) in [5.41, 5.74) is 1.69. The molecule has 0 aliphatic carbocycles. The molecule has 1 aromatic heterocycles. The van der Waals surface area contributed by atoms with Crippen LogP contribution < -0.4 is 9.80 Å². The maximum Gasteiger partial charge on any atom is 0.416 e. The summed E-state index contributed by atoms with van der Waals surface area (Å²) in [4.78, 5) is 20.8. The van der Waals surface area contributed by atoms with Crippen molar-refractivity contribution in [3.63, 3.8) is 0 Å². The monoisotopic (exact) mass is 503 g/mol. The van der Waals surface area contributed by atoms with Gasteiger partial charge in [-0.2, -0.15) is 13.2 Å². The molecule has 190 valence electrons. The first-order valence-corrected chi connectivity index (χ1v) is 11.3. The van der Waals surface area contributed by atoms with Gasteiger partial charge in [-0.15, -0.1) is 0 Å². The van der Waals surface area contributed by atoms with Crippen molar-refractivity contribution >= 4 is 17.4 Å². The number of likely N-dealkylation sites (N-methyl/N-ethyl adjacent to an activating group) is 1. The molecule has 10 heteroatoms. The number of nitrogens with zero attached hydrogens (tertiary/aromatic N) is 3. The third kappa shape index (κ3) is 5.66. The fourth-order valence-electron chi connectivity index (χ4n) is 4.15. The highest BCUT2D eigenvalue weighted by Crippen LogP contribution is 2.35. The molecular weight excluding hydrogens is 478 g/mol. The number of aryl methyl sites for hydroxylation is 1. The number of hydrogen-bond acceptors (Lipinski definition) is 5. The number of aliphatic hydroxyl groups is 1. The Bertz CT molecular complexity index is 1270. The fraction of sp³-hybridized carbons (Fsp3) is 0.308. The van der Waals surface area contributed by atoms with Crippen LogP contribution in [-0.2, 0) is 22.1 Å². The third-order valence-corrected chi connectivity index (χ3v) is 6.05. The van der Waals surface area contributed by atoms with Gasteiger partial charge in [0.2, 0.25) is 5.91 Å². The average molecular weight is 503 g/mol. The van der Waals surface area contributed by atoms with Crippen molar-refractivity contribution < 1.29 is 32.2 Å². The molecule has 6 nitrogen and oxygen atoms in total. The quantitative estimate of drug-likeness (QED) is 0.517. The molecule has 2 aromatic carbocycles. The second kappa shape index (κ2) is 10.2. The van der Waals surface area contributed by atoms with Crippen LogP contribution in [0.2, 0.25) is 0 Å². The van der Waals surface area contributed by atoms with Gasteiger partial charge in [0.1, 0.15) is 11.6 Å². The zero-order valence-electron chi connectivity index (χ0n) is 19.7. The Hall–Kier alpha value is -3.50. The third-order valence-electron chi connectivity index (χ3n) is 6.05. The number of carbonyl (C=O) groups excluding carboxylic acids is 1. The summed E-state index contributed by atoms with van der Waals surface area (Å²) in [6.07, 6.45) is -4.58. The maximum absolute atomic E-state index is 13.8. The topological polar surface area (TPSA) is 65.9 Å². The molecule has 1 fully saturated rings. The van der Waals surface area contributed by atoms with Crippen LogP contribution in [0.1, 0.15) is 16.7 Å². The number of benzene rings is 2. The SMILES string of the molecule is Cc1ccccc1-c1cc(N2CCOC(O)C2)ncc1N(C)C(=O)Cc1cc(F)cc(C(F)(F)F)c1. The number of rotatable bonds is 5. The number of aromatic nitrogens is 1. The van der Waals surface area contributed by atoms with E-state index in [0.717, 1.165) is 23.3 Å². The first-order chi connectivity index (χ1) is 17.0. The Kier molecular flexibility index (Phi) is 7.28. The van der Waals surface area contributed by atoms with Gasteiger partial charge in [-0.1, -0.05) is 24.3 Å². The molecule has 1 N–H and O–H groups in total. The average Bonchev–Trinajstić information content (AvgIpc) is 2.82. The van der Waals surface area contributed by atoms with E-state index in [0.29, 0.717) is 36.3 Å². The normalized spacial score (nSPS) is 16.2. The van der Waals surface area contributed by atoms with E-state index in [1.54, 1.807) is 0 Å². The number of ether oxygens (including phenoxy) is 1. The lowest BCUT2D eigenvalue weighted by atomic mass is 9.99. The van der Waals surface area contributed by atoms with E-state index in [1.165, 1.54) is 18.1 Å². The van der Waals surface area contributed by atoms with Gasteiger partial charge in [-0.3, -0.25) is 4.79 Å². The summed E-state index contributed by atoms with van der Waals surface area (Å²) in [5.74, 6) is -1.00. The minimum absolute atomic E-state index is 0.0801. The number of hydrogen-bond donors (Lipinski definition) is 1. The van der Waals surface area contributed by atoms with E-state index in [-0.39, 0.29) is 12.1 Å². The van der Waals surface area contributed by atoms with Gasteiger partial charge in [-0.25, -0.2) is 9.37 Å². The molecule has 1 aliphatic rings. The number of aliphatic hydroxyl groups excluding tert-OH is 1. The predicted octanol–water partition coefficient (Wildman–Crippen LogP) is 4.58. The van der Waals surface area contributed by atoms with E-state index in [4.69, 9.17) is 4.74 Å². The van der Waals surface area contributed by atoms with Crippen LogP contribution in [0.25, 0.3) is 11.1 Å². The van der Waals surface area contributed by atoms with Crippen LogP contribution in [0.4, 0.5) is 29.1 Å². The number of pyridine rings is 1. The first kappa shape index (κ1) is 25.6. The predicted molar refractivity (Wildman–Crippen MR) is 127 cm³/mol. The van der Waals surface area contributed by atoms with Crippen molar-refractivity contribution in [3.05, 3.63) is 77.2 Å². The van der Waals surface area contributed by atoms with Gasteiger partial charge in [-0.05, 0) is 47.9 Å². The summed E-state index contributed by atoms with van der Waals surface area (Å²) in [6.45, 7) is 3.00. The molecule has 2 heterocycles. The molecule has 1 atom stereocenters. The van der Waals surface area contributed by atoms with Gasteiger partial charge in [0, 0.05) is 19.2 Å². The van der Waals surface area contributed by atoms with Crippen LogP contribution >= 0.6 is 0 Å². The molecule has 4 rings (SSSR count). The minimum Gasteiger partial charge on any atom is -0.366 e. The molecule has 0 radical (unpaired) electrons. The highest BCUT2D eigenvalue weighted by Gasteiger charge is 2.32. The van der Waals surface area contributed by atoms with Crippen molar-refractivity contribution in [1.82, 2.24) is 4.98 Å². The smallest absolute Gasteiger partial charge is 0.366 e. The number of anilines is 2. The number of carbonyl (C=O) groups is 1. The number of morpholine rings is 1. The number of amides is 1. The molecule has 0 saturated carbocycles. The molecule has 3 aromatic rings. The van der Waals surface area contributed by atoms with Crippen molar-refractivity contribution in [2.75, 3.05) is 36.5 Å². The molecule has 1 unspecified atom stereocenters. The molecule has 0 spiro atoms. The molecule has 1 amide bonds. The van der Waals surface area contributed by atoms with Crippen molar-refractivity contribution in [2.24, 2.45) is 0 Å². The molecule has 1 saturated heterocycles. The van der Waals surface area contributed by atoms with Crippen LogP contribution in [0, 0.1) is 12.7 Å². The van der Waals surface area contributed by atoms with E-state index in [9.17, 15) is 27.5 Å². The number of β-amino-alcohol motifs (C(OH)–C–C–N with tert-alkyl or cyclic N) is 1. The Morgan fingerprint density at radius 3 is 2.64 bits per heavy atom.